The van der Waals surface area contributed by atoms with Gasteiger partial charge in [-0.2, -0.15) is 0 Å². The summed E-state index contributed by atoms with van der Waals surface area (Å²) in [5, 5.41) is 10.5. The second-order valence-electron chi connectivity index (χ2n) is 11.1. The predicted octanol–water partition coefficient (Wildman–Crippen LogP) is 8.68. The normalized spacial score (nSPS) is 16.3. The van der Waals surface area contributed by atoms with Crippen LogP contribution >= 0.6 is 0 Å². The first-order valence-electron chi connectivity index (χ1n) is 16.7. The zero-order valence-electron chi connectivity index (χ0n) is 28.3. The largest absolute Gasteiger partial charge is 0.490 e. The molecule has 42 heavy (non-hydrogen) atoms. The summed E-state index contributed by atoms with van der Waals surface area (Å²) in [4.78, 5) is 14.6. The molecule has 5 heteroatoms. The number of aliphatic hydroxyl groups is 1. The van der Waals surface area contributed by atoms with E-state index in [0.29, 0.717) is 12.0 Å². The maximum atomic E-state index is 12.6. The maximum absolute atomic E-state index is 12.6. The van der Waals surface area contributed by atoms with Crippen LogP contribution in [0.3, 0.4) is 0 Å². The molecule has 1 fully saturated rings. The smallest absolute Gasteiger partial charge is 0.225 e. The van der Waals surface area contributed by atoms with Crippen LogP contribution in [0.2, 0.25) is 0 Å². The standard InChI is InChI=1S/C25H42N2O2.C9H12.C2H6.CH4O/c1-5-17-27(18-6-2)25(28)21(4)15-16-26-19-22-9-13-24(14-10-22)29-23-11-7-20(3)8-12-23;1-2-6-9-7-4-3-5-8-9;2*1-2/h9-10,13-14,20-21,23,26H,5-8,11-12,15-19H2,1-4H3;3-5,7-8H,2,6H2,1H3;1-2H3;2H,1H3. The van der Waals surface area contributed by atoms with Crippen molar-refractivity contribution >= 4 is 5.91 Å². The van der Waals surface area contributed by atoms with Gasteiger partial charge in [-0.05, 0) is 87.1 Å². The minimum Gasteiger partial charge on any atom is -0.490 e. The molecule has 1 atom stereocenters. The molecule has 0 heterocycles. The Labute approximate surface area is 259 Å². The first kappa shape index (κ1) is 39.6. The van der Waals surface area contributed by atoms with Gasteiger partial charge in [0.05, 0.1) is 6.10 Å². The van der Waals surface area contributed by atoms with Gasteiger partial charge >= 0.3 is 0 Å². The van der Waals surface area contributed by atoms with Crippen LogP contribution in [-0.2, 0) is 17.8 Å². The highest BCUT2D eigenvalue weighted by molar-refractivity contribution is 5.78. The van der Waals surface area contributed by atoms with Crippen LogP contribution in [0.15, 0.2) is 54.6 Å². The minimum atomic E-state index is 0.0783. The van der Waals surface area contributed by atoms with Crippen molar-refractivity contribution in [3.63, 3.8) is 0 Å². The van der Waals surface area contributed by atoms with Crippen LogP contribution in [0, 0.1) is 11.8 Å². The number of hydrogen-bond acceptors (Lipinski definition) is 4. The molecule has 1 aliphatic carbocycles. The zero-order chi connectivity index (χ0) is 31.6. The number of benzene rings is 2. The van der Waals surface area contributed by atoms with Crippen molar-refractivity contribution in [3.8, 4) is 5.75 Å². The van der Waals surface area contributed by atoms with Crippen molar-refractivity contribution in [1.82, 2.24) is 10.2 Å². The lowest BCUT2D eigenvalue weighted by Gasteiger charge is -2.26. The molecule has 2 aromatic rings. The van der Waals surface area contributed by atoms with Crippen LogP contribution in [0.25, 0.3) is 0 Å². The molecule has 0 aromatic heterocycles. The van der Waals surface area contributed by atoms with Gasteiger partial charge in [0, 0.05) is 32.7 Å². The molecule has 1 saturated carbocycles. The SMILES string of the molecule is CC.CCCN(CCC)C(=O)C(C)CCNCc1ccc(OC2CCC(C)CC2)cc1.CCCc1ccccc1.CO. The summed E-state index contributed by atoms with van der Waals surface area (Å²) in [7, 11) is 1.00. The van der Waals surface area contributed by atoms with E-state index in [2.05, 4.69) is 94.5 Å². The van der Waals surface area contributed by atoms with E-state index < -0.39 is 0 Å². The lowest BCUT2D eigenvalue weighted by atomic mass is 9.89. The van der Waals surface area contributed by atoms with Gasteiger partial charge in [-0.15, -0.1) is 0 Å². The molecular weight excluding hydrogens is 520 g/mol. The van der Waals surface area contributed by atoms with Gasteiger partial charge in [0.25, 0.3) is 0 Å². The molecule has 1 amide bonds. The van der Waals surface area contributed by atoms with Crippen LogP contribution in [0.1, 0.15) is 111 Å². The highest BCUT2D eigenvalue weighted by atomic mass is 16.5. The van der Waals surface area contributed by atoms with E-state index in [9.17, 15) is 4.79 Å². The molecule has 1 unspecified atom stereocenters. The van der Waals surface area contributed by atoms with Crippen molar-refractivity contribution in [2.75, 3.05) is 26.7 Å². The van der Waals surface area contributed by atoms with Crippen LogP contribution in [0.4, 0.5) is 0 Å². The Morgan fingerprint density at radius 1 is 0.881 bits per heavy atom. The van der Waals surface area contributed by atoms with Crippen molar-refractivity contribution < 1.29 is 14.6 Å². The van der Waals surface area contributed by atoms with Gasteiger partial charge in [-0.3, -0.25) is 4.79 Å². The molecular formula is C37H64N2O3. The number of rotatable bonds is 14. The molecule has 240 valence electrons. The van der Waals surface area contributed by atoms with E-state index in [1.165, 1.54) is 49.7 Å². The van der Waals surface area contributed by atoms with Gasteiger partial charge in [-0.1, -0.05) is 97.4 Å². The summed E-state index contributed by atoms with van der Waals surface area (Å²) >= 11 is 0. The Morgan fingerprint density at radius 3 is 1.98 bits per heavy atom. The molecule has 0 radical (unpaired) electrons. The second kappa shape index (κ2) is 26.3. The monoisotopic (exact) mass is 584 g/mol. The highest BCUT2D eigenvalue weighted by Crippen LogP contribution is 2.27. The second-order valence-corrected chi connectivity index (χ2v) is 11.1. The molecule has 1 aliphatic rings. The Hall–Kier alpha value is -2.37. The summed E-state index contributed by atoms with van der Waals surface area (Å²) in [6.45, 7) is 18.3. The summed E-state index contributed by atoms with van der Waals surface area (Å²) in [6, 6.07) is 19.0. The van der Waals surface area contributed by atoms with Gasteiger partial charge in [-0.25, -0.2) is 0 Å². The first-order valence-corrected chi connectivity index (χ1v) is 16.7. The average Bonchev–Trinajstić information content (AvgIpc) is 3.03. The number of ether oxygens (including phenoxy) is 1. The van der Waals surface area contributed by atoms with Crippen molar-refractivity contribution in [2.24, 2.45) is 11.8 Å². The van der Waals surface area contributed by atoms with Crippen LogP contribution < -0.4 is 10.1 Å². The third-order valence-electron chi connectivity index (χ3n) is 7.37. The number of amides is 1. The lowest BCUT2D eigenvalue weighted by Crippen LogP contribution is -2.37. The van der Waals surface area contributed by atoms with E-state index in [1.54, 1.807) is 0 Å². The van der Waals surface area contributed by atoms with E-state index in [1.807, 2.05) is 18.7 Å². The quantitative estimate of drug-likeness (QED) is 0.218. The fourth-order valence-corrected chi connectivity index (χ4v) is 5.02. The van der Waals surface area contributed by atoms with Crippen molar-refractivity contribution in [2.45, 2.75) is 119 Å². The summed E-state index contributed by atoms with van der Waals surface area (Å²) < 4.78 is 6.14. The Kier molecular flexibility index (Phi) is 24.8. The third-order valence-corrected chi connectivity index (χ3v) is 7.37. The fourth-order valence-electron chi connectivity index (χ4n) is 5.02. The van der Waals surface area contributed by atoms with E-state index in [4.69, 9.17) is 9.84 Å². The number of carbonyl (C=O) groups is 1. The molecule has 0 aliphatic heterocycles. The lowest BCUT2D eigenvalue weighted by molar-refractivity contribution is -0.135. The Bertz CT molecular complexity index is 858. The summed E-state index contributed by atoms with van der Waals surface area (Å²) in [5.74, 6) is 2.21. The summed E-state index contributed by atoms with van der Waals surface area (Å²) in [5.41, 5.74) is 2.70. The van der Waals surface area contributed by atoms with Gasteiger partial charge in [0.15, 0.2) is 0 Å². The van der Waals surface area contributed by atoms with E-state index in [-0.39, 0.29) is 5.92 Å². The Balaban J connectivity index is 0.00000108. The number of aliphatic hydroxyl groups excluding tert-OH is 1. The number of nitrogens with zero attached hydrogens (tertiary/aromatic N) is 1. The molecule has 5 nitrogen and oxygen atoms in total. The predicted molar refractivity (Wildman–Crippen MR) is 181 cm³/mol. The van der Waals surface area contributed by atoms with Gasteiger partial charge < -0.3 is 20.1 Å². The highest BCUT2D eigenvalue weighted by Gasteiger charge is 2.20. The number of carbonyl (C=O) groups excluding carboxylic acids is 1. The number of nitrogens with one attached hydrogen (secondary N) is 1. The van der Waals surface area contributed by atoms with E-state index in [0.717, 1.165) is 64.2 Å². The van der Waals surface area contributed by atoms with E-state index >= 15 is 0 Å². The number of hydrogen-bond donors (Lipinski definition) is 2. The maximum Gasteiger partial charge on any atom is 0.225 e. The van der Waals surface area contributed by atoms with Crippen LogP contribution in [-0.4, -0.2) is 48.8 Å². The first-order chi connectivity index (χ1) is 20.5. The van der Waals surface area contributed by atoms with Crippen molar-refractivity contribution in [1.29, 1.82) is 0 Å². The minimum absolute atomic E-state index is 0.0783. The molecule has 2 N–H and O–H groups in total. The van der Waals surface area contributed by atoms with Crippen molar-refractivity contribution in [3.05, 3.63) is 65.7 Å². The van der Waals surface area contributed by atoms with Gasteiger partial charge in [0.2, 0.25) is 5.91 Å². The molecule has 0 saturated heterocycles. The molecule has 0 spiro atoms. The third kappa shape index (κ3) is 17.6. The topological polar surface area (TPSA) is 61.8 Å². The Morgan fingerprint density at radius 2 is 1.45 bits per heavy atom. The summed E-state index contributed by atoms with van der Waals surface area (Å²) in [6.07, 6.45) is 10.7. The average molecular weight is 585 g/mol. The number of aryl methyl sites for hydroxylation is 1. The fraction of sp³-hybridized carbons (Fsp3) is 0.649. The van der Waals surface area contributed by atoms with Crippen LogP contribution in [0.5, 0.6) is 5.75 Å². The zero-order valence-corrected chi connectivity index (χ0v) is 28.3. The molecule has 3 rings (SSSR count). The van der Waals surface area contributed by atoms with Gasteiger partial charge in [0.1, 0.15) is 5.75 Å². The molecule has 0 bridgehead atoms. The molecule has 2 aromatic carbocycles.